The van der Waals surface area contributed by atoms with E-state index in [1.807, 2.05) is 29.2 Å². The summed E-state index contributed by atoms with van der Waals surface area (Å²) in [5.74, 6) is 0.156. The molecule has 0 aromatic heterocycles. The number of halogens is 1. The quantitative estimate of drug-likeness (QED) is 0.928. The zero-order valence-electron chi connectivity index (χ0n) is 13.1. The molecule has 0 aliphatic carbocycles. The third kappa shape index (κ3) is 3.45. The lowest BCUT2D eigenvalue weighted by Crippen LogP contribution is -2.44. The Morgan fingerprint density at radius 1 is 1.27 bits per heavy atom. The van der Waals surface area contributed by atoms with Gasteiger partial charge in [-0.3, -0.25) is 4.79 Å². The lowest BCUT2D eigenvalue weighted by atomic mass is 9.77. The fourth-order valence-electron chi connectivity index (χ4n) is 3.59. The van der Waals surface area contributed by atoms with Crippen molar-refractivity contribution >= 4 is 18.3 Å². The molecule has 22 heavy (non-hydrogen) atoms. The van der Waals surface area contributed by atoms with E-state index in [0.29, 0.717) is 12.0 Å². The average Bonchev–Trinajstić information content (AvgIpc) is 2.97. The van der Waals surface area contributed by atoms with Gasteiger partial charge in [-0.25, -0.2) is 0 Å². The minimum atomic E-state index is 0. The summed E-state index contributed by atoms with van der Waals surface area (Å²) < 4.78 is 5.20. The van der Waals surface area contributed by atoms with Crippen LogP contribution in [0.1, 0.15) is 35.2 Å². The van der Waals surface area contributed by atoms with Crippen molar-refractivity contribution < 1.29 is 9.53 Å². The summed E-state index contributed by atoms with van der Waals surface area (Å²) in [6, 6.07) is 7.78. The number of benzene rings is 1. The molecule has 5 heteroatoms. The Hall–Kier alpha value is -1.10. The highest BCUT2D eigenvalue weighted by Crippen LogP contribution is 2.37. The second kappa shape index (κ2) is 7.44. The van der Waals surface area contributed by atoms with Gasteiger partial charge in [-0.2, -0.15) is 0 Å². The van der Waals surface area contributed by atoms with Crippen LogP contribution in [-0.2, 0) is 11.3 Å². The average molecular weight is 325 g/mol. The van der Waals surface area contributed by atoms with Gasteiger partial charge in [0.25, 0.3) is 5.91 Å². The van der Waals surface area contributed by atoms with Crippen molar-refractivity contribution in [3.63, 3.8) is 0 Å². The molecule has 1 aromatic carbocycles. The van der Waals surface area contributed by atoms with Crippen LogP contribution in [0.25, 0.3) is 0 Å². The fourth-order valence-corrected chi connectivity index (χ4v) is 3.59. The van der Waals surface area contributed by atoms with Crippen molar-refractivity contribution in [1.82, 2.24) is 10.2 Å². The molecule has 0 bridgehead atoms. The number of ether oxygens (including phenoxy) is 1. The number of carbonyl (C=O) groups excluding carboxylic acids is 1. The molecule has 0 saturated carbocycles. The van der Waals surface area contributed by atoms with Crippen LogP contribution in [0.2, 0.25) is 0 Å². The molecule has 2 fully saturated rings. The second-order valence-corrected chi connectivity index (χ2v) is 6.31. The Morgan fingerprint density at radius 3 is 2.64 bits per heavy atom. The standard InChI is InChI=1S/C17H24N2O2.ClH/c1-21-12-14-4-2-3-5-15(14)16(20)19-10-7-17(8-11-19)6-9-18-13-17;/h2-5,18H,6-13H2,1H3;1H. The van der Waals surface area contributed by atoms with Gasteiger partial charge in [-0.15, -0.1) is 12.4 Å². The molecule has 2 aliphatic heterocycles. The molecule has 2 saturated heterocycles. The fraction of sp³-hybridized carbons (Fsp3) is 0.588. The number of methoxy groups -OCH3 is 1. The highest BCUT2D eigenvalue weighted by atomic mass is 35.5. The Balaban J connectivity index is 0.00000176. The number of carbonyl (C=O) groups is 1. The molecule has 1 spiro atoms. The van der Waals surface area contributed by atoms with Crippen molar-refractivity contribution in [2.45, 2.75) is 25.9 Å². The summed E-state index contributed by atoms with van der Waals surface area (Å²) in [6.07, 6.45) is 3.51. The molecule has 4 nitrogen and oxygen atoms in total. The Bertz CT molecular complexity index is 505. The van der Waals surface area contributed by atoms with Crippen LogP contribution in [0.4, 0.5) is 0 Å². The van der Waals surface area contributed by atoms with E-state index in [0.717, 1.165) is 50.1 Å². The maximum absolute atomic E-state index is 12.8. The number of hydrogen-bond donors (Lipinski definition) is 1. The van der Waals surface area contributed by atoms with Gasteiger partial charge in [0.2, 0.25) is 0 Å². The third-order valence-electron chi connectivity index (χ3n) is 4.99. The van der Waals surface area contributed by atoms with Crippen LogP contribution in [0, 0.1) is 5.41 Å². The number of piperidine rings is 1. The van der Waals surface area contributed by atoms with E-state index in [4.69, 9.17) is 4.74 Å². The van der Waals surface area contributed by atoms with Crippen LogP contribution in [0.5, 0.6) is 0 Å². The summed E-state index contributed by atoms with van der Waals surface area (Å²) in [5.41, 5.74) is 2.22. The minimum absolute atomic E-state index is 0. The van der Waals surface area contributed by atoms with Crippen molar-refractivity contribution in [2.75, 3.05) is 33.3 Å². The maximum Gasteiger partial charge on any atom is 0.254 e. The normalized spacial score (nSPS) is 20.0. The third-order valence-corrected chi connectivity index (χ3v) is 4.99. The summed E-state index contributed by atoms with van der Waals surface area (Å²) in [4.78, 5) is 14.8. The predicted octanol–water partition coefficient (Wildman–Crippen LogP) is 2.47. The van der Waals surface area contributed by atoms with Gasteiger partial charge in [0.15, 0.2) is 0 Å². The van der Waals surface area contributed by atoms with E-state index >= 15 is 0 Å². The molecule has 1 N–H and O–H groups in total. The number of nitrogens with zero attached hydrogens (tertiary/aromatic N) is 1. The summed E-state index contributed by atoms with van der Waals surface area (Å²) in [5, 5.41) is 3.46. The number of nitrogens with one attached hydrogen (secondary N) is 1. The van der Waals surface area contributed by atoms with E-state index < -0.39 is 0 Å². The van der Waals surface area contributed by atoms with Gasteiger partial charge in [0.05, 0.1) is 6.61 Å². The molecule has 0 unspecified atom stereocenters. The van der Waals surface area contributed by atoms with Crippen molar-refractivity contribution in [2.24, 2.45) is 5.41 Å². The highest BCUT2D eigenvalue weighted by Gasteiger charge is 2.38. The number of hydrogen-bond acceptors (Lipinski definition) is 3. The molecule has 2 aliphatic rings. The number of rotatable bonds is 3. The van der Waals surface area contributed by atoms with Gasteiger partial charge in [0, 0.05) is 32.3 Å². The maximum atomic E-state index is 12.8. The summed E-state index contributed by atoms with van der Waals surface area (Å²) in [7, 11) is 1.67. The van der Waals surface area contributed by atoms with E-state index in [2.05, 4.69) is 5.32 Å². The minimum Gasteiger partial charge on any atom is -0.380 e. The molecular formula is C17H25ClN2O2. The van der Waals surface area contributed by atoms with E-state index in [9.17, 15) is 4.79 Å². The van der Waals surface area contributed by atoms with E-state index in [1.165, 1.54) is 6.42 Å². The Labute approximate surface area is 138 Å². The van der Waals surface area contributed by atoms with Crippen molar-refractivity contribution in [1.29, 1.82) is 0 Å². The lowest BCUT2D eigenvalue weighted by Gasteiger charge is -2.39. The lowest BCUT2D eigenvalue weighted by molar-refractivity contribution is 0.0603. The van der Waals surface area contributed by atoms with Crippen molar-refractivity contribution in [3.8, 4) is 0 Å². The molecule has 3 rings (SSSR count). The van der Waals surface area contributed by atoms with Gasteiger partial charge >= 0.3 is 0 Å². The van der Waals surface area contributed by atoms with Crippen LogP contribution in [0.15, 0.2) is 24.3 Å². The van der Waals surface area contributed by atoms with Gasteiger partial charge in [0.1, 0.15) is 0 Å². The first kappa shape index (κ1) is 17.3. The SMILES string of the molecule is COCc1ccccc1C(=O)N1CCC2(CCNC2)CC1.Cl. The summed E-state index contributed by atoms with van der Waals surface area (Å²) in [6.45, 7) is 4.49. The van der Waals surface area contributed by atoms with E-state index in [-0.39, 0.29) is 18.3 Å². The van der Waals surface area contributed by atoms with Gasteiger partial charge in [-0.1, -0.05) is 18.2 Å². The van der Waals surface area contributed by atoms with Crippen LogP contribution < -0.4 is 5.32 Å². The number of amides is 1. The topological polar surface area (TPSA) is 41.6 Å². The number of likely N-dealkylation sites (tertiary alicyclic amines) is 1. The molecule has 1 aromatic rings. The molecular weight excluding hydrogens is 300 g/mol. The van der Waals surface area contributed by atoms with E-state index in [1.54, 1.807) is 7.11 Å². The Kier molecular flexibility index (Phi) is 5.84. The van der Waals surface area contributed by atoms with Gasteiger partial charge < -0.3 is 15.0 Å². The second-order valence-electron chi connectivity index (χ2n) is 6.31. The molecule has 0 radical (unpaired) electrons. The van der Waals surface area contributed by atoms with Crippen molar-refractivity contribution in [3.05, 3.63) is 35.4 Å². The largest absolute Gasteiger partial charge is 0.380 e. The zero-order valence-corrected chi connectivity index (χ0v) is 14.0. The first-order valence-corrected chi connectivity index (χ1v) is 7.81. The van der Waals surface area contributed by atoms with Crippen LogP contribution in [-0.4, -0.2) is 44.1 Å². The van der Waals surface area contributed by atoms with Gasteiger partial charge in [-0.05, 0) is 42.9 Å². The smallest absolute Gasteiger partial charge is 0.254 e. The Morgan fingerprint density at radius 2 is 2.00 bits per heavy atom. The first-order chi connectivity index (χ1) is 10.2. The molecule has 1 amide bonds. The van der Waals surface area contributed by atoms with Crippen LogP contribution >= 0.6 is 12.4 Å². The summed E-state index contributed by atoms with van der Waals surface area (Å²) >= 11 is 0. The first-order valence-electron chi connectivity index (χ1n) is 7.81. The molecule has 2 heterocycles. The monoisotopic (exact) mass is 324 g/mol. The zero-order chi connectivity index (χ0) is 14.7. The van der Waals surface area contributed by atoms with Crippen LogP contribution in [0.3, 0.4) is 0 Å². The molecule has 122 valence electrons. The highest BCUT2D eigenvalue weighted by molar-refractivity contribution is 5.95. The molecule has 0 atom stereocenters. The predicted molar refractivity (Wildman–Crippen MR) is 89.5 cm³/mol.